The van der Waals surface area contributed by atoms with Gasteiger partial charge in [-0.25, -0.2) is 0 Å². The van der Waals surface area contributed by atoms with Crippen molar-refractivity contribution in [1.82, 2.24) is 5.32 Å². The SMILES string of the molecule is Cc1ccc(C(=O)NC/C=C/CCl)cc1[N+](=O)[O-]. The highest BCUT2D eigenvalue weighted by Gasteiger charge is 2.14. The summed E-state index contributed by atoms with van der Waals surface area (Å²) in [5.74, 6) is 0.0311. The second-order valence-electron chi connectivity index (χ2n) is 3.59. The molecule has 0 aliphatic rings. The molecule has 0 bridgehead atoms. The van der Waals surface area contributed by atoms with Crippen LogP contribution in [0.25, 0.3) is 0 Å². The zero-order chi connectivity index (χ0) is 13.5. The first kappa shape index (κ1) is 14.2. The summed E-state index contributed by atoms with van der Waals surface area (Å²) in [5.41, 5.74) is 0.740. The van der Waals surface area contributed by atoms with Crippen molar-refractivity contribution >= 4 is 23.2 Å². The maximum atomic E-state index is 11.7. The molecule has 18 heavy (non-hydrogen) atoms. The van der Waals surface area contributed by atoms with Crippen molar-refractivity contribution in [3.8, 4) is 0 Å². The Balaban J connectivity index is 2.77. The first-order chi connectivity index (χ1) is 8.56. The number of nitrogens with one attached hydrogen (secondary N) is 1. The Morgan fingerprint density at radius 1 is 1.50 bits per heavy atom. The van der Waals surface area contributed by atoms with Gasteiger partial charge in [-0.2, -0.15) is 0 Å². The Labute approximate surface area is 110 Å². The molecule has 1 amide bonds. The van der Waals surface area contributed by atoms with E-state index < -0.39 is 4.92 Å². The number of amides is 1. The van der Waals surface area contributed by atoms with E-state index in [-0.39, 0.29) is 17.2 Å². The fourth-order valence-electron chi connectivity index (χ4n) is 1.35. The van der Waals surface area contributed by atoms with Crippen LogP contribution in [0.4, 0.5) is 5.69 Å². The molecule has 0 radical (unpaired) electrons. The lowest BCUT2D eigenvalue weighted by Crippen LogP contribution is -2.23. The first-order valence-electron chi connectivity index (χ1n) is 5.30. The van der Waals surface area contributed by atoms with E-state index >= 15 is 0 Å². The van der Waals surface area contributed by atoms with E-state index in [0.29, 0.717) is 18.0 Å². The number of nitrogens with zero attached hydrogens (tertiary/aromatic N) is 1. The van der Waals surface area contributed by atoms with Gasteiger partial charge in [-0.3, -0.25) is 14.9 Å². The molecule has 6 heteroatoms. The summed E-state index contributed by atoms with van der Waals surface area (Å²) in [4.78, 5) is 21.9. The van der Waals surface area contributed by atoms with Gasteiger partial charge in [0, 0.05) is 29.6 Å². The van der Waals surface area contributed by atoms with Gasteiger partial charge in [-0.15, -0.1) is 11.6 Å². The number of hydrogen-bond donors (Lipinski definition) is 1. The first-order valence-corrected chi connectivity index (χ1v) is 5.84. The van der Waals surface area contributed by atoms with Gasteiger partial charge in [0.05, 0.1) is 4.92 Å². The minimum Gasteiger partial charge on any atom is -0.349 e. The van der Waals surface area contributed by atoms with Crippen LogP contribution in [0, 0.1) is 17.0 Å². The van der Waals surface area contributed by atoms with Crippen LogP contribution in [0.2, 0.25) is 0 Å². The quantitative estimate of drug-likeness (QED) is 0.386. The molecule has 0 unspecified atom stereocenters. The average molecular weight is 269 g/mol. The van der Waals surface area contributed by atoms with Crippen LogP contribution in [-0.2, 0) is 0 Å². The van der Waals surface area contributed by atoms with E-state index in [1.165, 1.54) is 6.07 Å². The molecule has 0 fully saturated rings. The zero-order valence-corrected chi connectivity index (χ0v) is 10.6. The Morgan fingerprint density at radius 2 is 2.22 bits per heavy atom. The predicted molar refractivity (Wildman–Crippen MR) is 70.0 cm³/mol. The van der Waals surface area contributed by atoms with Gasteiger partial charge in [0.2, 0.25) is 0 Å². The molecule has 0 atom stereocenters. The van der Waals surface area contributed by atoms with Crippen molar-refractivity contribution in [3.63, 3.8) is 0 Å². The topological polar surface area (TPSA) is 72.2 Å². The van der Waals surface area contributed by atoms with Gasteiger partial charge in [-0.1, -0.05) is 18.2 Å². The summed E-state index contributed by atoms with van der Waals surface area (Å²) in [6, 6.07) is 4.39. The lowest BCUT2D eigenvalue weighted by atomic mass is 10.1. The van der Waals surface area contributed by atoms with Crippen LogP contribution < -0.4 is 5.32 Å². The number of hydrogen-bond acceptors (Lipinski definition) is 3. The van der Waals surface area contributed by atoms with E-state index in [1.807, 2.05) is 0 Å². The van der Waals surface area contributed by atoms with E-state index in [2.05, 4.69) is 5.32 Å². The summed E-state index contributed by atoms with van der Waals surface area (Å²) in [5, 5.41) is 13.4. The van der Waals surface area contributed by atoms with Gasteiger partial charge in [0.25, 0.3) is 11.6 Å². The largest absolute Gasteiger partial charge is 0.349 e. The molecular formula is C12H13ClN2O3. The second-order valence-corrected chi connectivity index (χ2v) is 3.90. The fourth-order valence-corrected chi connectivity index (χ4v) is 1.47. The van der Waals surface area contributed by atoms with Crippen LogP contribution in [0.15, 0.2) is 30.4 Å². The Bertz CT molecular complexity index is 486. The molecule has 0 saturated heterocycles. The number of rotatable bonds is 5. The highest BCUT2D eigenvalue weighted by molar-refractivity contribution is 6.18. The molecule has 0 aliphatic heterocycles. The molecule has 96 valence electrons. The minimum absolute atomic E-state index is 0.0565. The summed E-state index contributed by atoms with van der Waals surface area (Å²) in [6.45, 7) is 1.97. The van der Waals surface area contributed by atoms with Crippen molar-refractivity contribution in [2.24, 2.45) is 0 Å². The molecule has 0 aliphatic carbocycles. The van der Waals surface area contributed by atoms with Crippen molar-refractivity contribution in [2.45, 2.75) is 6.92 Å². The number of halogens is 1. The van der Waals surface area contributed by atoms with E-state index in [0.717, 1.165) is 0 Å². The number of carbonyl (C=O) groups excluding carboxylic acids is 1. The third-order valence-corrected chi connectivity index (χ3v) is 2.48. The number of nitro groups is 1. The molecule has 5 nitrogen and oxygen atoms in total. The Kier molecular flexibility index (Phi) is 5.32. The molecular weight excluding hydrogens is 256 g/mol. The van der Waals surface area contributed by atoms with Gasteiger partial charge >= 0.3 is 0 Å². The summed E-state index contributed by atoms with van der Waals surface area (Å²) >= 11 is 5.43. The fraction of sp³-hybridized carbons (Fsp3) is 0.250. The van der Waals surface area contributed by atoms with Crippen LogP contribution in [0.1, 0.15) is 15.9 Å². The Morgan fingerprint density at radius 3 is 2.83 bits per heavy atom. The van der Waals surface area contributed by atoms with Gasteiger partial charge in [-0.05, 0) is 13.0 Å². The number of alkyl halides is 1. The number of aryl methyl sites for hydroxylation is 1. The van der Waals surface area contributed by atoms with E-state index in [9.17, 15) is 14.9 Å². The van der Waals surface area contributed by atoms with Gasteiger partial charge < -0.3 is 5.32 Å². The lowest BCUT2D eigenvalue weighted by Gasteiger charge is -2.03. The lowest BCUT2D eigenvalue weighted by molar-refractivity contribution is -0.385. The maximum Gasteiger partial charge on any atom is 0.273 e. The molecule has 0 aromatic heterocycles. The smallest absolute Gasteiger partial charge is 0.273 e. The maximum absolute atomic E-state index is 11.7. The Hall–Kier alpha value is -1.88. The van der Waals surface area contributed by atoms with Crippen LogP contribution in [0.5, 0.6) is 0 Å². The normalized spacial score (nSPS) is 10.6. The van der Waals surface area contributed by atoms with E-state index in [4.69, 9.17) is 11.6 Å². The highest BCUT2D eigenvalue weighted by atomic mass is 35.5. The third-order valence-electron chi connectivity index (χ3n) is 2.30. The molecule has 1 aromatic carbocycles. The van der Waals surface area contributed by atoms with E-state index in [1.54, 1.807) is 31.2 Å². The standard InChI is InChI=1S/C12H13ClN2O3/c1-9-4-5-10(8-11(9)15(17)18)12(16)14-7-3-2-6-13/h2-5,8H,6-7H2,1H3,(H,14,16)/b3-2+. The van der Waals surface area contributed by atoms with Crippen LogP contribution in [-0.4, -0.2) is 23.3 Å². The number of allylic oxidation sites excluding steroid dienone is 1. The summed E-state index contributed by atoms with van der Waals surface area (Å²) in [6.07, 6.45) is 3.42. The molecule has 0 spiro atoms. The number of carbonyl (C=O) groups is 1. The number of nitro benzene ring substituents is 1. The van der Waals surface area contributed by atoms with Gasteiger partial charge in [0.15, 0.2) is 0 Å². The van der Waals surface area contributed by atoms with Crippen LogP contribution >= 0.6 is 11.6 Å². The van der Waals surface area contributed by atoms with Crippen molar-refractivity contribution in [1.29, 1.82) is 0 Å². The zero-order valence-electron chi connectivity index (χ0n) is 9.85. The van der Waals surface area contributed by atoms with Crippen molar-refractivity contribution in [2.75, 3.05) is 12.4 Å². The minimum atomic E-state index is -0.500. The molecule has 1 N–H and O–H groups in total. The highest BCUT2D eigenvalue weighted by Crippen LogP contribution is 2.19. The predicted octanol–water partition coefficient (Wildman–Crippen LogP) is 2.43. The molecule has 0 heterocycles. The summed E-state index contributed by atoms with van der Waals surface area (Å²) in [7, 11) is 0. The van der Waals surface area contributed by atoms with Crippen LogP contribution in [0.3, 0.4) is 0 Å². The molecule has 0 saturated carbocycles. The molecule has 1 aromatic rings. The summed E-state index contributed by atoms with van der Waals surface area (Å²) < 4.78 is 0. The second kappa shape index (κ2) is 6.76. The van der Waals surface area contributed by atoms with Gasteiger partial charge in [0.1, 0.15) is 0 Å². The number of benzene rings is 1. The van der Waals surface area contributed by atoms with Crippen molar-refractivity contribution < 1.29 is 9.72 Å². The third kappa shape index (κ3) is 3.85. The molecule has 1 rings (SSSR count). The van der Waals surface area contributed by atoms with Crippen molar-refractivity contribution in [3.05, 3.63) is 51.6 Å². The average Bonchev–Trinajstić information content (AvgIpc) is 2.34. The monoisotopic (exact) mass is 268 g/mol.